The van der Waals surface area contributed by atoms with Crippen LogP contribution in [-0.2, 0) is 11.8 Å². The summed E-state index contributed by atoms with van der Waals surface area (Å²) in [7, 11) is 3.44. The molecule has 0 radical (unpaired) electrons. The Kier molecular flexibility index (Phi) is 5.52. The molecule has 3 aromatic heterocycles. The normalized spacial score (nSPS) is 19.1. The summed E-state index contributed by atoms with van der Waals surface area (Å²) in [4.78, 5) is 25.1. The van der Waals surface area contributed by atoms with E-state index in [4.69, 9.17) is 21.1 Å². The van der Waals surface area contributed by atoms with Crippen molar-refractivity contribution in [2.24, 2.45) is 13.0 Å². The van der Waals surface area contributed by atoms with Crippen LogP contribution in [-0.4, -0.2) is 67.8 Å². The summed E-state index contributed by atoms with van der Waals surface area (Å²) in [6, 6.07) is 0. The summed E-state index contributed by atoms with van der Waals surface area (Å²) in [6.07, 6.45) is 4.97. The maximum Gasteiger partial charge on any atom is 0.278 e. The first kappa shape index (κ1) is 19.8. The number of carbonyl (C=O) groups is 1. The summed E-state index contributed by atoms with van der Waals surface area (Å²) in [6.45, 7) is 1.28. The molecular weight excluding hydrogens is 418 g/mol. The molecule has 10 nitrogen and oxygen atoms in total. The molecule has 0 unspecified atom stereocenters. The lowest BCUT2D eigenvalue weighted by atomic mass is 10.1. The lowest BCUT2D eigenvalue weighted by molar-refractivity contribution is 0.0608. The van der Waals surface area contributed by atoms with Crippen molar-refractivity contribution in [3.8, 4) is 5.88 Å². The van der Waals surface area contributed by atoms with Crippen LogP contribution in [0.1, 0.15) is 0 Å². The quantitative estimate of drug-likeness (QED) is 0.508. The van der Waals surface area contributed by atoms with Gasteiger partial charge in [0.25, 0.3) is 5.24 Å². The Morgan fingerprint density at radius 3 is 2.97 bits per heavy atom. The van der Waals surface area contributed by atoms with Gasteiger partial charge in [0.05, 0.1) is 35.0 Å². The lowest BCUT2D eigenvalue weighted by Crippen LogP contribution is -2.26. The Morgan fingerprint density at radius 1 is 1.45 bits per heavy atom. The first-order valence-corrected chi connectivity index (χ1v) is 9.71. The van der Waals surface area contributed by atoms with E-state index >= 15 is 0 Å². The number of halogens is 1. The third-order valence-corrected chi connectivity index (χ3v) is 5.38. The topological polar surface area (TPSA) is 110 Å². The third-order valence-electron chi connectivity index (χ3n) is 4.80. The molecule has 12 heteroatoms. The van der Waals surface area contributed by atoms with Crippen LogP contribution in [0.4, 0.5) is 16.4 Å². The first-order valence-electron chi connectivity index (χ1n) is 8.88. The van der Waals surface area contributed by atoms with Crippen LogP contribution in [0.2, 0.25) is 5.02 Å². The van der Waals surface area contributed by atoms with E-state index in [9.17, 15) is 4.79 Å². The fourth-order valence-corrected chi connectivity index (χ4v) is 3.74. The van der Waals surface area contributed by atoms with Crippen LogP contribution in [0, 0.1) is 5.92 Å². The van der Waals surface area contributed by atoms with E-state index in [2.05, 4.69) is 38.0 Å². The number of carbonyl (C=O) groups excluding carboxylic acids is 1. The monoisotopic (exact) mass is 437 g/mol. The molecule has 1 aliphatic rings. The van der Waals surface area contributed by atoms with Crippen molar-refractivity contribution in [1.29, 1.82) is 0 Å². The summed E-state index contributed by atoms with van der Waals surface area (Å²) >= 11 is 10.2. The largest absolute Gasteiger partial charge is 0.477 e. The van der Waals surface area contributed by atoms with Gasteiger partial charge in [-0.05, 0) is 0 Å². The summed E-state index contributed by atoms with van der Waals surface area (Å²) < 4.78 is 13.2. The van der Waals surface area contributed by atoms with Crippen molar-refractivity contribution in [3.05, 3.63) is 23.6 Å². The molecule has 0 aromatic carbocycles. The van der Waals surface area contributed by atoms with Gasteiger partial charge in [-0.3, -0.25) is 9.48 Å². The second-order valence-corrected chi connectivity index (χ2v) is 7.56. The average molecular weight is 438 g/mol. The Balaban J connectivity index is 1.57. The standard InChI is InChI=1S/C17H20ClN7O3S/c1-24-6-10(3-20-24)21-16-22-14-13(11(18)4-19-14)15(23-16)28-8-9-5-25(17(26)29)7-12(9)27-2/h3-4,6,9,12H,5,7-8H2,1-2H3,(H,26,29)(H2,19,21,22,23)/t9-,12+/m1/s1. The number of H-pyrrole nitrogens is 1. The molecule has 154 valence electrons. The Bertz CT molecular complexity index is 1040. The molecule has 1 fully saturated rings. The van der Waals surface area contributed by atoms with Crippen LogP contribution in [0.15, 0.2) is 18.6 Å². The zero-order chi connectivity index (χ0) is 20.5. The number of amides is 1. The number of likely N-dealkylation sites (tertiary alicyclic amines) is 1. The maximum absolute atomic E-state index is 11.6. The van der Waals surface area contributed by atoms with Crippen molar-refractivity contribution in [2.45, 2.75) is 6.10 Å². The van der Waals surface area contributed by atoms with E-state index < -0.39 is 0 Å². The molecule has 4 rings (SSSR count). The van der Waals surface area contributed by atoms with Crippen LogP contribution >= 0.6 is 24.2 Å². The molecule has 1 saturated heterocycles. The van der Waals surface area contributed by atoms with E-state index in [1.54, 1.807) is 35.3 Å². The fourth-order valence-electron chi connectivity index (χ4n) is 3.35. The number of fused-ring (bicyclic) bond motifs is 1. The van der Waals surface area contributed by atoms with E-state index in [-0.39, 0.29) is 17.3 Å². The third kappa shape index (κ3) is 4.11. The molecule has 2 atom stereocenters. The fraction of sp³-hybridized carbons (Fsp3) is 0.412. The number of ether oxygens (including phenoxy) is 2. The number of hydrogen-bond donors (Lipinski definition) is 3. The van der Waals surface area contributed by atoms with Crippen molar-refractivity contribution in [1.82, 2.24) is 29.6 Å². The lowest BCUT2D eigenvalue weighted by Gasteiger charge is -2.17. The van der Waals surface area contributed by atoms with Crippen molar-refractivity contribution in [2.75, 3.05) is 32.1 Å². The van der Waals surface area contributed by atoms with Gasteiger partial charge in [0.15, 0.2) is 0 Å². The number of thiol groups is 1. The highest BCUT2D eigenvalue weighted by molar-refractivity contribution is 7.96. The molecule has 29 heavy (non-hydrogen) atoms. The Morgan fingerprint density at radius 2 is 2.28 bits per heavy atom. The summed E-state index contributed by atoms with van der Waals surface area (Å²) in [5.74, 6) is 0.674. The van der Waals surface area contributed by atoms with Crippen LogP contribution in [0.5, 0.6) is 5.88 Å². The van der Waals surface area contributed by atoms with Gasteiger partial charge in [0.2, 0.25) is 11.8 Å². The van der Waals surface area contributed by atoms with Gasteiger partial charge >= 0.3 is 0 Å². The molecule has 1 amide bonds. The van der Waals surface area contributed by atoms with Crippen LogP contribution in [0.25, 0.3) is 11.0 Å². The number of rotatable bonds is 6. The minimum atomic E-state index is -0.282. The summed E-state index contributed by atoms with van der Waals surface area (Å²) in [5, 5.41) is 7.99. The van der Waals surface area contributed by atoms with Gasteiger partial charge in [0.1, 0.15) is 5.65 Å². The van der Waals surface area contributed by atoms with E-state index in [0.29, 0.717) is 47.6 Å². The number of nitrogens with one attached hydrogen (secondary N) is 2. The number of methoxy groups -OCH3 is 1. The number of aromatic nitrogens is 5. The van der Waals surface area contributed by atoms with Gasteiger partial charge < -0.3 is 24.7 Å². The molecule has 0 spiro atoms. The number of aromatic amines is 1. The van der Waals surface area contributed by atoms with Gasteiger partial charge in [-0.15, -0.1) is 0 Å². The zero-order valence-corrected chi connectivity index (χ0v) is 17.4. The molecule has 0 saturated carbocycles. The zero-order valence-electron chi connectivity index (χ0n) is 15.8. The van der Waals surface area contributed by atoms with Crippen molar-refractivity contribution >= 4 is 52.1 Å². The van der Waals surface area contributed by atoms with Crippen LogP contribution < -0.4 is 10.1 Å². The molecule has 0 bridgehead atoms. The molecule has 2 N–H and O–H groups in total. The number of nitrogens with zero attached hydrogens (tertiary/aromatic N) is 5. The van der Waals surface area contributed by atoms with Gasteiger partial charge in [-0.25, -0.2) is 0 Å². The Hall–Kier alpha value is -2.50. The average Bonchev–Trinajstić information content (AvgIpc) is 3.39. The van der Waals surface area contributed by atoms with E-state index in [1.807, 2.05) is 7.05 Å². The highest BCUT2D eigenvalue weighted by Gasteiger charge is 2.35. The minimum absolute atomic E-state index is 0.0198. The second kappa shape index (κ2) is 8.09. The highest BCUT2D eigenvalue weighted by atomic mass is 35.5. The first-order chi connectivity index (χ1) is 13.9. The van der Waals surface area contributed by atoms with Gasteiger partial charge in [-0.2, -0.15) is 15.1 Å². The van der Waals surface area contributed by atoms with E-state index in [1.165, 1.54) is 0 Å². The van der Waals surface area contributed by atoms with Crippen molar-refractivity contribution < 1.29 is 14.3 Å². The highest BCUT2D eigenvalue weighted by Crippen LogP contribution is 2.32. The smallest absolute Gasteiger partial charge is 0.278 e. The van der Waals surface area contributed by atoms with E-state index in [0.717, 1.165) is 5.69 Å². The number of aryl methyl sites for hydroxylation is 1. The summed E-state index contributed by atoms with van der Waals surface area (Å²) in [5.41, 5.74) is 1.29. The van der Waals surface area contributed by atoms with Crippen LogP contribution in [0.3, 0.4) is 0 Å². The molecule has 4 heterocycles. The van der Waals surface area contributed by atoms with Gasteiger partial charge in [-0.1, -0.05) is 24.2 Å². The van der Waals surface area contributed by atoms with Crippen molar-refractivity contribution in [3.63, 3.8) is 0 Å². The second-order valence-electron chi connectivity index (χ2n) is 6.77. The number of anilines is 2. The minimum Gasteiger partial charge on any atom is -0.477 e. The van der Waals surface area contributed by atoms with Gasteiger partial charge in [0, 0.05) is 45.6 Å². The molecule has 1 aliphatic heterocycles. The predicted octanol–water partition coefficient (Wildman–Crippen LogP) is 2.46. The SMILES string of the molecule is CO[C@H]1CN(C(=O)S)C[C@@H]1COc1nc(Nc2cnn(C)c2)nc2[nH]cc(Cl)c12. The molecule has 0 aliphatic carbocycles. The maximum atomic E-state index is 11.6. The molecule has 3 aromatic rings. The number of hydrogen-bond acceptors (Lipinski definition) is 7. The predicted molar refractivity (Wildman–Crippen MR) is 111 cm³/mol. The Labute approximate surface area is 176 Å². The molecular formula is C17H20ClN7O3S.